The van der Waals surface area contributed by atoms with Gasteiger partial charge >= 0.3 is 0 Å². The van der Waals surface area contributed by atoms with Crippen LogP contribution in [0.15, 0.2) is 0 Å². The summed E-state index contributed by atoms with van der Waals surface area (Å²) in [6, 6.07) is 0.0493. The molecule has 1 heterocycles. The number of amides is 1. The van der Waals surface area contributed by atoms with Gasteiger partial charge in [0.15, 0.2) is 0 Å². The van der Waals surface area contributed by atoms with Gasteiger partial charge in [0.2, 0.25) is 5.91 Å². The van der Waals surface area contributed by atoms with E-state index in [0.29, 0.717) is 0 Å². The lowest BCUT2D eigenvalue weighted by Crippen LogP contribution is -2.46. The molecule has 2 N–H and O–H groups in total. The molecule has 1 atom stereocenters. The first-order valence-corrected chi connectivity index (χ1v) is 7.46. The highest BCUT2D eigenvalue weighted by atomic mass is 32.2. The fourth-order valence-electron chi connectivity index (χ4n) is 2.14. The predicted octanol–water partition coefficient (Wildman–Crippen LogP) is 1.78. The Bertz CT molecular complexity index is 215. The number of nitrogens with one attached hydrogen (secondary N) is 2. The first kappa shape index (κ1) is 13.8. The Kier molecular flexibility index (Phi) is 5.62. The molecule has 1 aliphatic heterocycles. The molecule has 0 aromatic rings. The molecule has 1 rings (SSSR count). The highest BCUT2D eigenvalue weighted by Crippen LogP contribution is 2.29. The van der Waals surface area contributed by atoms with Crippen molar-refractivity contribution in [3.05, 3.63) is 0 Å². The number of hydrogen-bond acceptors (Lipinski definition) is 3. The molecule has 3 nitrogen and oxygen atoms in total. The largest absolute Gasteiger partial charge is 0.353 e. The zero-order valence-corrected chi connectivity index (χ0v) is 11.5. The summed E-state index contributed by atoms with van der Waals surface area (Å²) in [7, 11) is 0. The molecular formula is C12H24N2OS. The van der Waals surface area contributed by atoms with Crippen LogP contribution in [-0.4, -0.2) is 36.0 Å². The second kappa shape index (κ2) is 6.50. The highest BCUT2D eigenvalue weighted by molar-refractivity contribution is 8.00. The van der Waals surface area contributed by atoms with E-state index in [4.69, 9.17) is 0 Å². The van der Waals surface area contributed by atoms with Crippen LogP contribution in [-0.2, 0) is 4.79 Å². The summed E-state index contributed by atoms with van der Waals surface area (Å²) in [6.45, 7) is 6.16. The molecule has 1 fully saturated rings. The van der Waals surface area contributed by atoms with E-state index in [2.05, 4.69) is 30.7 Å². The Morgan fingerprint density at radius 1 is 1.50 bits per heavy atom. The van der Waals surface area contributed by atoms with Crippen molar-refractivity contribution < 1.29 is 4.79 Å². The van der Waals surface area contributed by atoms with E-state index in [0.717, 1.165) is 38.8 Å². The van der Waals surface area contributed by atoms with Gasteiger partial charge in [-0.2, -0.15) is 11.8 Å². The van der Waals surface area contributed by atoms with Crippen molar-refractivity contribution in [1.29, 1.82) is 0 Å². The molecule has 0 saturated carbocycles. The van der Waals surface area contributed by atoms with Gasteiger partial charge in [-0.25, -0.2) is 0 Å². The number of hydrogen-bond donors (Lipinski definition) is 2. The summed E-state index contributed by atoms with van der Waals surface area (Å²) in [6.07, 6.45) is 6.43. The molecule has 0 aromatic heterocycles. The highest BCUT2D eigenvalue weighted by Gasteiger charge is 2.28. The molecule has 94 valence electrons. The SMILES string of the molecule is CCC(CC)(CNC(=O)[C@H]1CCCN1)SC. The molecule has 0 bridgehead atoms. The zero-order valence-electron chi connectivity index (χ0n) is 10.6. The summed E-state index contributed by atoms with van der Waals surface area (Å²) < 4.78 is 0.217. The Hall–Kier alpha value is -0.220. The van der Waals surface area contributed by atoms with Gasteiger partial charge in [0.1, 0.15) is 0 Å². The second-order valence-electron chi connectivity index (χ2n) is 4.46. The minimum Gasteiger partial charge on any atom is -0.353 e. The van der Waals surface area contributed by atoms with Crippen molar-refractivity contribution >= 4 is 17.7 Å². The van der Waals surface area contributed by atoms with Crippen molar-refractivity contribution in [2.45, 2.75) is 50.3 Å². The van der Waals surface area contributed by atoms with Crippen molar-refractivity contribution in [3.63, 3.8) is 0 Å². The van der Waals surface area contributed by atoms with E-state index in [-0.39, 0.29) is 16.7 Å². The van der Waals surface area contributed by atoms with Crippen LogP contribution in [0.5, 0.6) is 0 Å². The molecule has 0 aromatic carbocycles. The van der Waals surface area contributed by atoms with Gasteiger partial charge in [-0.1, -0.05) is 13.8 Å². The molecule has 1 saturated heterocycles. The minimum absolute atomic E-state index is 0.0493. The van der Waals surface area contributed by atoms with Gasteiger partial charge in [0, 0.05) is 11.3 Å². The lowest BCUT2D eigenvalue weighted by molar-refractivity contribution is -0.122. The van der Waals surface area contributed by atoms with Crippen LogP contribution in [0.2, 0.25) is 0 Å². The summed E-state index contributed by atoms with van der Waals surface area (Å²) >= 11 is 1.87. The number of rotatable bonds is 6. The van der Waals surface area contributed by atoms with E-state index in [1.165, 1.54) is 0 Å². The molecule has 0 aliphatic carbocycles. The molecule has 0 spiro atoms. The standard InChI is InChI=1S/C12H24N2OS/c1-4-12(5-2,16-3)9-14-11(15)10-7-6-8-13-10/h10,13H,4-9H2,1-3H3,(H,14,15)/t10-/m1/s1. The van der Waals surface area contributed by atoms with Gasteiger partial charge < -0.3 is 10.6 Å². The monoisotopic (exact) mass is 244 g/mol. The lowest BCUT2D eigenvalue weighted by atomic mass is 10.0. The zero-order chi connectivity index (χ0) is 12.0. The Morgan fingerprint density at radius 3 is 2.62 bits per heavy atom. The van der Waals surface area contributed by atoms with Crippen LogP contribution in [0.25, 0.3) is 0 Å². The molecule has 0 radical (unpaired) electrons. The first-order valence-electron chi connectivity index (χ1n) is 6.23. The van der Waals surface area contributed by atoms with Gasteiger partial charge in [0.05, 0.1) is 6.04 Å². The number of carbonyl (C=O) groups excluding carboxylic acids is 1. The molecule has 1 aliphatic rings. The minimum atomic E-state index is 0.0493. The molecule has 1 amide bonds. The summed E-state index contributed by atoms with van der Waals surface area (Å²) in [5.41, 5.74) is 0. The maximum atomic E-state index is 11.9. The molecule has 16 heavy (non-hydrogen) atoms. The van der Waals surface area contributed by atoms with E-state index in [9.17, 15) is 4.79 Å². The van der Waals surface area contributed by atoms with E-state index >= 15 is 0 Å². The van der Waals surface area contributed by atoms with Gasteiger partial charge in [-0.15, -0.1) is 0 Å². The maximum Gasteiger partial charge on any atom is 0.237 e. The summed E-state index contributed by atoms with van der Waals surface area (Å²) in [4.78, 5) is 11.9. The number of thioether (sulfide) groups is 1. The molecular weight excluding hydrogens is 220 g/mol. The molecule has 4 heteroatoms. The van der Waals surface area contributed by atoms with Crippen molar-refractivity contribution in [3.8, 4) is 0 Å². The van der Waals surface area contributed by atoms with Crippen molar-refractivity contribution in [2.24, 2.45) is 0 Å². The van der Waals surface area contributed by atoms with Crippen LogP contribution in [0.4, 0.5) is 0 Å². The van der Waals surface area contributed by atoms with Crippen molar-refractivity contribution in [2.75, 3.05) is 19.3 Å². The third kappa shape index (κ3) is 3.39. The first-order chi connectivity index (χ1) is 7.67. The van der Waals surface area contributed by atoms with Crippen molar-refractivity contribution in [1.82, 2.24) is 10.6 Å². The maximum absolute atomic E-state index is 11.9. The Labute approximate surface area is 103 Å². The van der Waals surface area contributed by atoms with E-state index in [1.807, 2.05) is 11.8 Å². The van der Waals surface area contributed by atoms with E-state index in [1.54, 1.807) is 0 Å². The smallest absolute Gasteiger partial charge is 0.237 e. The third-order valence-corrected chi connectivity index (χ3v) is 5.27. The summed E-state index contributed by atoms with van der Waals surface area (Å²) in [5, 5.41) is 6.32. The van der Waals surface area contributed by atoms with Gasteiger partial charge in [-0.3, -0.25) is 4.79 Å². The van der Waals surface area contributed by atoms with Gasteiger partial charge in [-0.05, 0) is 38.5 Å². The van der Waals surface area contributed by atoms with Crippen LogP contribution in [0.3, 0.4) is 0 Å². The second-order valence-corrected chi connectivity index (χ2v) is 5.74. The normalized spacial score (nSPS) is 21.1. The summed E-state index contributed by atoms with van der Waals surface area (Å²) in [5.74, 6) is 0.179. The Balaban J connectivity index is 2.39. The quantitative estimate of drug-likeness (QED) is 0.748. The van der Waals surface area contributed by atoms with E-state index < -0.39 is 0 Å². The topological polar surface area (TPSA) is 41.1 Å². The fourth-order valence-corrected chi connectivity index (χ4v) is 2.93. The molecule has 0 unspecified atom stereocenters. The van der Waals surface area contributed by atoms with Crippen LogP contribution < -0.4 is 10.6 Å². The van der Waals surface area contributed by atoms with Crippen LogP contribution in [0, 0.1) is 0 Å². The predicted molar refractivity (Wildman–Crippen MR) is 70.9 cm³/mol. The van der Waals surface area contributed by atoms with Crippen LogP contribution >= 0.6 is 11.8 Å². The number of carbonyl (C=O) groups is 1. The lowest BCUT2D eigenvalue weighted by Gasteiger charge is -2.30. The fraction of sp³-hybridized carbons (Fsp3) is 0.917. The van der Waals surface area contributed by atoms with Crippen LogP contribution in [0.1, 0.15) is 39.5 Å². The average Bonchev–Trinajstić information content (AvgIpc) is 2.85. The van der Waals surface area contributed by atoms with Gasteiger partial charge in [0.25, 0.3) is 0 Å². The third-order valence-electron chi connectivity index (χ3n) is 3.68. The Morgan fingerprint density at radius 2 is 2.19 bits per heavy atom. The average molecular weight is 244 g/mol.